The van der Waals surface area contributed by atoms with Gasteiger partial charge in [-0.1, -0.05) is 44.2 Å². The summed E-state index contributed by atoms with van der Waals surface area (Å²) in [5, 5.41) is 9.40. The third-order valence-electron chi connectivity index (χ3n) is 2.95. The van der Waals surface area contributed by atoms with Crippen molar-refractivity contribution in [2.45, 2.75) is 20.4 Å². The van der Waals surface area contributed by atoms with E-state index in [1.807, 2.05) is 36.4 Å². The zero-order valence-electron chi connectivity index (χ0n) is 12.9. The van der Waals surface area contributed by atoms with E-state index in [-0.39, 0.29) is 0 Å². The zero-order valence-corrected chi connectivity index (χ0v) is 12.9. The maximum absolute atomic E-state index is 9.40. The van der Waals surface area contributed by atoms with E-state index in [0.29, 0.717) is 36.3 Å². The molecule has 5 heteroatoms. The first-order chi connectivity index (χ1) is 10.7. The van der Waals surface area contributed by atoms with Crippen LogP contribution < -0.4 is 10.2 Å². The molecule has 0 radical (unpaired) electrons. The number of hydrogen-bond acceptors (Lipinski definition) is 4. The fraction of sp³-hybridized carbons (Fsp3) is 0.294. The Balaban J connectivity index is 2.19. The lowest BCUT2D eigenvalue weighted by molar-refractivity contribution is 0.232. The summed E-state index contributed by atoms with van der Waals surface area (Å²) in [5.74, 6) is 1.20. The summed E-state index contributed by atoms with van der Waals surface area (Å²) in [6.45, 7) is 5.15. The molecule has 2 N–H and O–H groups in total. The van der Waals surface area contributed by atoms with Gasteiger partial charge in [-0.15, -0.1) is 0 Å². The number of pyridine rings is 1. The molecule has 0 saturated carbocycles. The first-order valence-electron chi connectivity index (χ1n) is 7.27. The topological polar surface area (TPSA) is 66.7 Å². The van der Waals surface area contributed by atoms with E-state index in [1.165, 1.54) is 0 Å². The number of aromatic nitrogens is 1. The second-order valence-electron chi connectivity index (χ2n) is 5.32. The van der Waals surface area contributed by atoms with Crippen molar-refractivity contribution in [3.05, 3.63) is 59.8 Å². The van der Waals surface area contributed by atoms with Gasteiger partial charge in [-0.3, -0.25) is 15.7 Å². The van der Waals surface area contributed by atoms with Gasteiger partial charge in [0.05, 0.1) is 18.7 Å². The van der Waals surface area contributed by atoms with Crippen molar-refractivity contribution in [2.24, 2.45) is 10.9 Å². The second-order valence-corrected chi connectivity index (χ2v) is 5.32. The molecule has 0 saturated heterocycles. The van der Waals surface area contributed by atoms with Crippen LogP contribution in [0.3, 0.4) is 0 Å². The molecule has 1 heterocycles. The SMILES string of the molecule is CC(C)COc1ncccc1C(=NCc1ccccc1)NO. The van der Waals surface area contributed by atoms with Crippen LogP contribution in [-0.2, 0) is 6.54 Å². The van der Waals surface area contributed by atoms with E-state index in [1.54, 1.807) is 12.3 Å². The van der Waals surface area contributed by atoms with Crippen molar-refractivity contribution in [3.8, 4) is 5.88 Å². The normalized spacial score (nSPS) is 11.5. The molecule has 1 aromatic heterocycles. The lowest BCUT2D eigenvalue weighted by Crippen LogP contribution is -2.22. The molecule has 0 amide bonds. The third kappa shape index (κ3) is 4.56. The molecule has 0 spiro atoms. The average Bonchev–Trinajstić information content (AvgIpc) is 2.55. The molecule has 0 aliphatic heterocycles. The molecule has 0 atom stereocenters. The van der Waals surface area contributed by atoms with Crippen LogP contribution in [-0.4, -0.2) is 22.6 Å². The first kappa shape index (κ1) is 16.0. The number of hydroxylamine groups is 1. The van der Waals surface area contributed by atoms with Crippen molar-refractivity contribution >= 4 is 5.84 Å². The molecule has 0 aliphatic carbocycles. The molecular formula is C17H21N3O2. The summed E-state index contributed by atoms with van der Waals surface area (Å²) >= 11 is 0. The first-order valence-corrected chi connectivity index (χ1v) is 7.27. The molecule has 2 aromatic rings. The highest BCUT2D eigenvalue weighted by Gasteiger charge is 2.11. The van der Waals surface area contributed by atoms with Crippen molar-refractivity contribution in [3.63, 3.8) is 0 Å². The molecular weight excluding hydrogens is 278 g/mol. The number of nitrogens with one attached hydrogen (secondary N) is 1. The number of ether oxygens (including phenoxy) is 1. The quantitative estimate of drug-likeness (QED) is 0.489. The summed E-state index contributed by atoms with van der Waals surface area (Å²) < 4.78 is 5.69. The number of amidine groups is 1. The minimum atomic E-state index is 0.343. The van der Waals surface area contributed by atoms with Crippen LogP contribution in [0.1, 0.15) is 25.0 Å². The molecule has 0 fully saturated rings. The maximum Gasteiger partial charge on any atom is 0.224 e. The van der Waals surface area contributed by atoms with Gasteiger partial charge in [-0.2, -0.15) is 0 Å². The number of aliphatic imine (C=N–C) groups is 1. The Labute approximate surface area is 130 Å². The van der Waals surface area contributed by atoms with E-state index >= 15 is 0 Å². The minimum Gasteiger partial charge on any atom is -0.477 e. The molecule has 116 valence electrons. The van der Waals surface area contributed by atoms with Gasteiger partial charge in [0, 0.05) is 6.20 Å². The van der Waals surface area contributed by atoms with E-state index in [9.17, 15) is 5.21 Å². The lowest BCUT2D eigenvalue weighted by atomic mass is 10.2. The van der Waals surface area contributed by atoms with Gasteiger partial charge in [-0.25, -0.2) is 4.98 Å². The second kappa shape index (κ2) is 8.14. The Morgan fingerprint density at radius 1 is 1.23 bits per heavy atom. The van der Waals surface area contributed by atoms with Crippen molar-refractivity contribution < 1.29 is 9.94 Å². The molecule has 2 rings (SSSR count). The summed E-state index contributed by atoms with van der Waals surface area (Å²) in [6, 6.07) is 13.4. The monoisotopic (exact) mass is 299 g/mol. The average molecular weight is 299 g/mol. The molecule has 22 heavy (non-hydrogen) atoms. The highest BCUT2D eigenvalue weighted by Crippen LogP contribution is 2.16. The van der Waals surface area contributed by atoms with Gasteiger partial charge in [0.1, 0.15) is 0 Å². The fourth-order valence-electron chi connectivity index (χ4n) is 1.87. The number of rotatable bonds is 6. The lowest BCUT2D eigenvalue weighted by Gasteiger charge is -2.12. The van der Waals surface area contributed by atoms with Gasteiger partial charge >= 0.3 is 0 Å². The minimum absolute atomic E-state index is 0.343. The summed E-state index contributed by atoms with van der Waals surface area (Å²) in [6.07, 6.45) is 1.66. The van der Waals surface area contributed by atoms with E-state index in [0.717, 1.165) is 5.56 Å². The van der Waals surface area contributed by atoms with Crippen LogP contribution in [0.4, 0.5) is 0 Å². The molecule has 0 unspecified atom stereocenters. The predicted octanol–water partition coefficient (Wildman–Crippen LogP) is 3.04. The Morgan fingerprint density at radius 2 is 2.00 bits per heavy atom. The Bertz CT molecular complexity index is 612. The van der Waals surface area contributed by atoms with Crippen LogP contribution >= 0.6 is 0 Å². The summed E-state index contributed by atoms with van der Waals surface area (Å²) in [7, 11) is 0. The Kier molecular flexibility index (Phi) is 5.91. The van der Waals surface area contributed by atoms with Crippen LogP contribution in [0.2, 0.25) is 0 Å². The molecule has 0 aliphatic rings. The van der Waals surface area contributed by atoms with Gasteiger partial charge in [0.2, 0.25) is 5.88 Å². The number of hydrogen-bond donors (Lipinski definition) is 2. The smallest absolute Gasteiger partial charge is 0.224 e. The Hall–Kier alpha value is -2.40. The summed E-state index contributed by atoms with van der Waals surface area (Å²) in [5.41, 5.74) is 3.85. The predicted molar refractivity (Wildman–Crippen MR) is 86.2 cm³/mol. The molecule has 0 bridgehead atoms. The molecule has 5 nitrogen and oxygen atoms in total. The third-order valence-corrected chi connectivity index (χ3v) is 2.95. The maximum atomic E-state index is 9.40. The Morgan fingerprint density at radius 3 is 2.68 bits per heavy atom. The van der Waals surface area contributed by atoms with E-state index in [2.05, 4.69) is 29.3 Å². The highest BCUT2D eigenvalue weighted by molar-refractivity contribution is 5.99. The number of benzene rings is 1. The number of nitrogens with zero attached hydrogens (tertiary/aromatic N) is 2. The largest absolute Gasteiger partial charge is 0.477 e. The van der Waals surface area contributed by atoms with Gasteiger partial charge < -0.3 is 4.74 Å². The van der Waals surface area contributed by atoms with Crippen molar-refractivity contribution in [2.75, 3.05) is 6.61 Å². The van der Waals surface area contributed by atoms with Gasteiger partial charge in [-0.05, 0) is 23.6 Å². The highest BCUT2D eigenvalue weighted by atomic mass is 16.5. The fourth-order valence-corrected chi connectivity index (χ4v) is 1.87. The van der Waals surface area contributed by atoms with Crippen molar-refractivity contribution in [1.82, 2.24) is 10.5 Å². The molecule has 1 aromatic carbocycles. The van der Waals surface area contributed by atoms with Crippen molar-refractivity contribution in [1.29, 1.82) is 0 Å². The van der Waals surface area contributed by atoms with Crippen LogP contribution in [0.25, 0.3) is 0 Å². The van der Waals surface area contributed by atoms with Gasteiger partial charge in [0.15, 0.2) is 5.84 Å². The van der Waals surface area contributed by atoms with E-state index in [4.69, 9.17) is 4.74 Å². The standard InChI is InChI=1S/C17H21N3O2/c1-13(2)12-22-17-15(9-6-10-18-17)16(20-21)19-11-14-7-4-3-5-8-14/h3-10,13,21H,11-12H2,1-2H3,(H,19,20). The van der Waals surface area contributed by atoms with Crippen LogP contribution in [0.5, 0.6) is 5.88 Å². The summed E-state index contributed by atoms with van der Waals surface area (Å²) in [4.78, 5) is 8.63. The van der Waals surface area contributed by atoms with Gasteiger partial charge in [0.25, 0.3) is 0 Å². The zero-order chi connectivity index (χ0) is 15.8. The van der Waals surface area contributed by atoms with Crippen LogP contribution in [0.15, 0.2) is 53.7 Å². The van der Waals surface area contributed by atoms with Crippen LogP contribution in [0, 0.1) is 5.92 Å². The van der Waals surface area contributed by atoms with E-state index < -0.39 is 0 Å².